The van der Waals surface area contributed by atoms with Crippen molar-refractivity contribution in [2.24, 2.45) is 11.3 Å². The number of carbonyl (C=O) groups excluding carboxylic acids is 3. The third kappa shape index (κ3) is 2.85. The molecule has 3 heterocycles. The van der Waals surface area contributed by atoms with Crippen molar-refractivity contribution >= 4 is 17.9 Å². The molecule has 3 saturated heterocycles. The van der Waals surface area contributed by atoms with Crippen LogP contribution in [0, 0.1) is 11.3 Å². The average Bonchev–Trinajstić information content (AvgIpc) is 3.53. The Kier molecular flexibility index (Phi) is 4.70. The van der Waals surface area contributed by atoms with Gasteiger partial charge in [-0.05, 0) is 39.7 Å². The molecule has 182 valence electrons. The molecule has 3 aliphatic heterocycles. The highest BCUT2D eigenvalue weighted by Crippen LogP contribution is 2.68. The Bertz CT molecular complexity index is 960. The van der Waals surface area contributed by atoms with Crippen LogP contribution in [0.3, 0.4) is 0 Å². The zero-order valence-corrected chi connectivity index (χ0v) is 19.9. The lowest BCUT2D eigenvalue weighted by Gasteiger charge is -2.53. The number of esters is 3. The number of hydrogen-bond donors (Lipinski definition) is 1. The number of allylic oxidation sites excluding steroid dienone is 1. The second-order valence-corrected chi connectivity index (χ2v) is 10.8. The van der Waals surface area contributed by atoms with E-state index >= 15 is 0 Å². The number of hydrogen-bond acceptors (Lipinski definition) is 9. The van der Waals surface area contributed by atoms with Crippen molar-refractivity contribution in [3.8, 4) is 0 Å². The Hall–Kier alpha value is -1.97. The summed E-state index contributed by atoms with van der Waals surface area (Å²) in [4.78, 5) is 37.0. The lowest BCUT2D eigenvalue weighted by atomic mass is 9.54. The molecule has 1 spiro atoms. The van der Waals surface area contributed by atoms with Crippen molar-refractivity contribution in [3.05, 3.63) is 11.6 Å². The predicted octanol–water partition coefficient (Wildman–Crippen LogP) is 1.59. The van der Waals surface area contributed by atoms with E-state index < -0.39 is 70.5 Å². The van der Waals surface area contributed by atoms with Gasteiger partial charge in [0.2, 0.25) is 0 Å². The quantitative estimate of drug-likeness (QED) is 0.281. The summed E-state index contributed by atoms with van der Waals surface area (Å²) in [5, 5.41) is 12.1. The van der Waals surface area contributed by atoms with Gasteiger partial charge in [0.25, 0.3) is 0 Å². The summed E-state index contributed by atoms with van der Waals surface area (Å²) < 4.78 is 29.4. The molecule has 5 rings (SSSR count). The summed E-state index contributed by atoms with van der Waals surface area (Å²) in [5.41, 5.74) is -3.44. The van der Waals surface area contributed by atoms with Gasteiger partial charge in [0, 0.05) is 31.6 Å². The molecule has 5 aliphatic rings. The number of aliphatic hydroxyl groups excluding tert-OH is 1. The number of aliphatic hydroxyl groups is 1. The number of epoxide rings is 2. The van der Waals surface area contributed by atoms with Gasteiger partial charge in [0.15, 0.2) is 17.3 Å². The Morgan fingerprint density at radius 2 is 1.76 bits per heavy atom. The van der Waals surface area contributed by atoms with Crippen LogP contribution in [0.2, 0.25) is 0 Å². The van der Waals surface area contributed by atoms with Crippen molar-refractivity contribution in [2.75, 3.05) is 0 Å². The molecule has 2 aliphatic carbocycles. The molecule has 33 heavy (non-hydrogen) atoms. The van der Waals surface area contributed by atoms with Gasteiger partial charge in [0.05, 0.1) is 17.8 Å². The average molecular weight is 465 g/mol. The smallest absolute Gasteiger partial charge is 0.342 e. The molecule has 0 aromatic heterocycles. The fraction of sp³-hybridized carbons (Fsp3) is 0.792. The van der Waals surface area contributed by atoms with E-state index in [1.54, 1.807) is 6.92 Å². The Morgan fingerprint density at radius 3 is 2.36 bits per heavy atom. The standard InChI is InChI=1S/C24H32O9/c1-11-7-8-14(29-12(2)25)21(4)15(30-13(3)26)10-16-22(5,32-16)18(21)19(27)24-17(9-11)31-20(28)23(24,6)33-24/h9,14-19,27H,7-8,10H2,1-6H3/b11-9-/t14-,15?,16+,17?,18?,19-,21+,22+,23-,24?/m1/s1. The summed E-state index contributed by atoms with van der Waals surface area (Å²) in [6.07, 6.45) is -0.283. The number of carbonyl (C=O) groups is 3. The second-order valence-electron chi connectivity index (χ2n) is 10.8. The Labute approximate surface area is 192 Å². The Balaban J connectivity index is 1.69. The highest BCUT2D eigenvalue weighted by atomic mass is 16.7. The molecule has 9 nitrogen and oxygen atoms in total. The van der Waals surface area contributed by atoms with Crippen LogP contribution in [0.1, 0.15) is 60.8 Å². The van der Waals surface area contributed by atoms with E-state index in [0.717, 1.165) is 5.57 Å². The van der Waals surface area contributed by atoms with Crippen LogP contribution in [0.4, 0.5) is 0 Å². The van der Waals surface area contributed by atoms with Gasteiger partial charge >= 0.3 is 17.9 Å². The first kappa shape index (κ1) is 22.8. The van der Waals surface area contributed by atoms with Crippen LogP contribution in [0.15, 0.2) is 11.6 Å². The molecule has 0 aromatic carbocycles. The van der Waals surface area contributed by atoms with E-state index in [2.05, 4.69) is 0 Å². The maximum Gasteiger partial charge on any atom is 0.342 e. The highest BCUT2D eigenvalue weighted by Gasteiger charge is 2.88. The van der Waals surface area contributed by atoms with Crippen molar-refractivity contribution < 1.29 is 43.2 Å². The molecule has 1 N–H and O–H groups in total. The van der Waals surface area contributed by atoms with Crippen LogP contribution >= 0.6 is 0 Å². The van der Waals surface area contributed by atoms with E-state index in [0.29, 0.717) is 19.3 Å². The third-order valence-electron chi connectivity index (χ3n) is 8.81. The predicted molar refractivity (Wildman–Crippen MR) is 112 cm³/mol. The highest BCUT2D eigenvalue weighted by molar-refractivity contribution is 5.89. The van der Waals surface area contributed by atoms with Crippen LogP contribution in [-0.2, 0) is 38.1 Å². The first-order valence-corrected chi connectivity index (χ1v) is 11.6. The summed E-state index contributed by atoms with van der Waals surface area (Å²) in [6, 6.07) is 0. The Morgan fingerprint density at radius 1 is 1.12 bits per heavy atom. The molecule has 1 saturated carbocycles. The zero-order valence-electron chi connectivity index (χ0n) is 19.9. The summed E-state index contributed by atoms with van der Waals surface area (Å²) >= 11 is 0. The van der Waals surface area contributed by atoms with E-state index in [-0.39, 0.29) is 6.10 Å². The van der Waals surface area contributed by atoms with Gasteiger partial charge in [0.1, 0.15) is 12.2 Å². The monoisotopic (exact) mass is 464 g/mol. The van der Waals surface area contributed by atoms with Crippen molar-refractivity contribution in [1.29, 1.82) is 0 Å². The summed E-state index contributed by atoms with van der Waals surface area (Å²) in [6.45, 7) is 10.0. The van der Waals surface area contributed by atoms with Crippen LogP contribution in [0.5, 0.6) is 0 Å². The van der Waals surface area contributed by atoms with Gasteiger partial charge in [-0.15, -0.1) is 0 Å². The van der Waals surface area contributed by atoms with E-state index in [1.807, 2.05) is 26.8 Å². The maximum absolute atomic E-state index is 12.7. The molecule has 0 bridgehead atoms. The van der Waals surface area contributed by atoms with Crippen LogP contribution < -0.4 is 0 Å². The third-order valence-corrected chi connectivity index (χ3v) is 8.81. The minimum atomic E-state index is -1.30. The minimum absolute atomic E-state index is 0.245. The molecule has 10 atom stereocenters. The summed E-state index contributed by atoms with van der Waals surface area (Å²) in [5.74, 6) is -2.10. The second kappa shape index (κ2) is 6.79. The first-order valence-electron chi connectivity index (χ1n) is 11.6. The lowest BCUT2D eigenvalue weighted by molar-refractivity contribution is -0.205. The minimum Gasteiger partial charge on any atom is -0.462 e. The molecule has 0 radical (unpaired) electrons. The molecule has 4 fully saturated rings. The number of fused-ring (bicyclic) bond motifs is 3. The van der Waals surface area contributed by atoms with Gasteiger partial charge in [-0.25, -0.2) is 4.79 Å². The SMILES string of the molecule is CC(=O)OC1C[C@@H]2O[C@]2(C)C2[C@@H](O)C34O[C@]3(C)C(=O)OC4/C=C(/C)CC[C@@H](OC(C)=O)[C@@]12C. The van der Waals surface area contributed by atoms with Crippen molar-refractivity contribution in [3.63, 3.8) is 0 Å². The van der Waals surface area contributed by atoms with E-state index in [1.165, 1.54) is 13.8 Å². The maximum atomic E-state index is 12.7. The van der Waals surface area contributed by atoms with E-state index in [4.69, 9.17) is 23.7 Å². The molecule has 4 unspecified atom stereocenters. The first-order chi connectivity index (χ1) is 15.3. The molecule has 9 heteroatoms. The fourth-order valence-electron chi connectivity index (χ4n) is 7.00. The van der Waals surface area contributed by atoms with Gasteiger partial charge < -0.3 is 28.8 Å². The van der Waals surface area contributed by atoms with E-state index in [9.17, 15) is 19.5 Å². The van der Waals surface area contributed by atoms with Crippen LogP contribution in [-0.4, -0.2) is 70.3 Å². The number of ether oxygens (including phenoxy) is 5. The lowest BCUT2D eigenvalue weighted by Crippen LogP contribution is -2.65. The zero-order chi connectivity index (χ0) is 24.1. The van der Waals surface area contributed by atoms with Crippen LogP contribution in [0.25, 0.3) is 0 Å². The molecular weight excluding hydrogens is 432 g/mol. The normalized spacial score (nSPS) is 53.7. The molecule has 0 amide bonds. The van der Waals surface area contributed by atoms with Crippen molar-refractivity contribution in [1.82, 2.24) is 0 Å². The summed E-state index contributed by atoms with van der Waals surface area (Å²) in [7, 11) is 0. The fourth-order valence-corrected chi connectivity index (χ4v) is 7.00. The largest absolute Gasteiger partial charge is 0.462 e. The molecule has 0 aromatic rings. The van der Waals surface area contributed by atoms with Crippen molar-refractivity contribution in [2.45, 2.75) is 108 Å². The van der Waals surface area contributed by atoms with Gasteiger partial charge in [-0.1, -0.05) is 12.5 Å². The van der Waals surface area contributed by atoms with Gasteiger partial charge in [-0.3, -0.25) is 9.59 Å². The topological polar surface area (TPSA) is 124 Å². The number of rotatable bonds is 2. The van der Waals surface area contributed by atoms with Gasteiger partial charge in [-0.2, -0.15) is 0 Å². The molecular formula is C24H32O9.